The van der Waals surface area contributed by atoms with Crippen molar-refractivity contribution in [3.05, 3.63) is 29.8 Å². The predicted octanol–water partition coefficient (Wildman–Crippen LogP) is -2.55. The van der Waals surface area contributed by atoms with Gasteiger partial charge in [0.05, 0.1) is 25.6 Å². The van der Waals surface area contributed by atoms with E-state index in [1.54, 1.807) is 27.7 Å². The smallest absolute Gasteiger partial charge is 0.326 e. The molecule has 0 fully saturated rings. The van der Waals surface area contributed by atoms with Crippen molar-refractivity contribution in [2.24, 2.45) is 23.5 Å². The van der Waals surface area contributed by atoms with Gasteiger partial charge < -0.3 is 68.7 Å². The molecule has 0 spiro atoms. The van der Waals surface area contributed by atoms with Crippen molar-refractivity contribution < 1.29 is 68.4 Å². The lowest BCUT2D eigenvalue weighted by Crippen LogP contribution is -2.61. The lowest BCUT2D eigenvalue weighted by Gasteiger charge is -2.29. The van der Waals surface area contributed by atoms with E-state index in [2.05, 4.69) is 42.5 Å². The Morgan fingerprint density at radius 2 is 1.17 bits per heavy atom. The first-order valence-corrected chi connectivity index (χ1v) is 22.7. The van der Waals surface area contributed by atoms with Gasteiger partial charge in [-0.05, 0) is 60.8 Å². The average Bonchev–Trinajstić information content (AvgIpc) is 3.25. The summed E-state index contributed by atoms with van der Waals surface area (Å²) in [4.78, 5) is 129. The number of nitrogens with one attached hydrogen (secondary N) is 8. The van der Waals surface area contributed by atoms with E-state index in [0.717, 1.165) is 0 Å². The molecule has 0 heterocycles. The molecule has 0 unspecified atom stereocenters. The van der Waals surface area contributed by atoms with Gasteiger partial charge in [0.1, 0.15) is 48.0 Å². The van der Waals surface area contributed by atoms with E-state index in [9.17, 15) is 68.4 Å². The Bertz CT molecular complexity index is 1850. The third kappa shape index (κ3) is 20.0. The largest absolute Gasteiger partial charge is 0.508 e. The zero-order valence-electron chi connectivity index (χ0n) is 38.5. The number of nitrogens with two attached hydrogens (primary N) is 1. The molecule has 0 radical (unpaired) electrons. The normalized spacial score (nSPS) is 15.2. The second-order valence-electron chi connectivity index (χ2n) is 16.4. The highest BCUT2D eigenvalue weighted by molar-refractivity contribution is 7.98. The number of amides is 8. The van der Waals surface area contributed by atoms with Crippen LogP contribution in [0.5, 0.6) is 5.75 Å². The Labute approximate surface area is 387 Å². The van der Waals surface area contributed by atoms with Crippen LogP contribution in [0.1, 0.15) is 73.3 Å². The predicted molar refractivity (Wildman–Crippen MR) is 241 cm³/mol. The first-order chi connectivity index (χ1) is 30.9. The molecule has 24 heteroatoms. The Morgan fingerprint density at radius 1 is 0.636 bits per heavy atom. The molecule has 1 rings (SSSR count). The van der Waals surface area contributed by atoms with Gasteiger partial charge in [0, 0.05) is 6.42 Å². The molecule has 66 heavy (non-hydrogen) atoms. The minimum atomic E-state index is -1.79. The van der Waals surface area contributed by atoms with Crippen molar-refractivity contribution in [1.29, 1.82) is 0 Å². The monoisotopic (exact) mass is 953 g/mol. The summed E-state index contributed by atoms with van der Waals surface area (Å²) in [5.74, 6) is -11.1. The van der Waals surface area contributed by atoms with Crippen LogP contribution < -0.4 is 48.3 Å². The maximum atomic E-state index is 14.0. The Hall–Kier alpha value is -6.01. The van der Waals surface area contributed by atoms with Gasteiger partial charge in [-0.2, -0.15) is 11.8 Å². The molecule has 14 N–H and O–H groups in total. The molecule has 0 aromatic heterocycles. The van der Waals surface area contributed by atoms with Crippen molar-refractivity contribution >= 4 is 71.0 Å². The molecule has 23 nitrogen and oxygen atoms in total. The molecule has 0 aliphatic rings. The molecule has 0 saturated carbocycles. The Kier molecular flexibility index (Phi) is 25.3. The van der Waals surface area contributed by atoms with Gasteiger partial charge >= 0.3 is 11.9 Å². The van der Waals surface area contributed by atoms with Crippen molar-refractivity contribution in [2.75, 3.05) is 25.2 Å². The van der Waals surface area contributed by atoms with Crippen LogP contribution in [-0.4, -0.2) is 153 Å². The second kappa shape index (κ2) is 28.8. The third-order valence-corrected chi connectivity index (χ3v) is 11.0. The fraction of sp³-hybridized carbons (Fsp3) is 0.619. The highest BCUT2D eigenvalue weighted by Crippen LogP contribution is 2.14. The summed E-state index contributed by atoms with van der Waals surface area (Å²) < 4.78 is 0. The second-order valence-corrected chi connectivity index (χ2v) is 17.4. The van der Waals surface area contributed by atoms with Crippen LogP contribution in [0.4, 0.5) is 0 Å². The van der Waals surface area contributed by atoms with Crippen LogP contribution in [0.3, 0.4) is 0 Å². The van der Waals surface area contributed by atoms with Gasteiger partial charge in [-0.25, -0.2) is 4.79 Å². The van der Waals surface area contributed by atoms with Gasteiger partial charge in [-0.15, -0.1) is 0 Å². The lowest BCUT2D eigenvalue weighted by molar-refractivity contribution is -0.144. The first-order valence-electron chi connectivity index (χ1n) is 21.3. The maximum absolute atomic E-state index is 14.0. The molecular formula is C42H67N9O14S. The van der Waals surface area contributed by atoms with E-state index < -0.39 is 139 Å². The van der Waals surface area contributed by atoms with Gasteiger partial charge in [-0.1, -0.05) is 60.1 Å². The van der Waals surface area contributed by atoms with Crippen LogP contribution >= 0.6 is 11.8 Å². The number of carbonyl (C=O) groups is 10. The number of carboxylic acid groups (broad SMARTS) is 2. The van der Waals surface area contributed by atoms with Crippen molar-refractivity contribution in [3.8, 4) is 5.75 Å². The topological polar surface area (TPSA) is 374 Å². The van der Waals surface area contributed by atoms with Crippen LogP contribution in [-0.2, 0) is 54.4 Å². The fourth-order valence-electron chi connectivity index (χ4n) is 5.93. The van der Waals surface area contributed by atoms with E-state index in [0.29, 0.717) is 11.3 Å². The standard InChI is InChI=1S/C42H67N9O14S/c1-9-22(6)34(41(63)48-27(16-24-10-12-25(53)13-11-24)37(59)49-29(19-52)39(61)50-33(21(4)5)42(64)65)51-38(60)28(17-31(55)56)46-30(54)18-44-35(57)23(7)45-36(58)26(14-15-66-8)47-40(62)32(43)20(2)3/h10-13,20-23,26-29,32-34,52-53H,9,14-19,43H2,1-8H3,(H,44,57)(H,45,58)(H,46,54)(H,47,62)(H,48,63)(H,49,59)(H,50,61)(H,51,60)(H,55,56)(H,64,65)/t22-,23-,26-,27-,28-,29-,32-,33-,34-/m0/s1. The number of phenols is 1. The van der Waals surface area contributed by atoms with E-state index in [4.69, 9.17) is 5.73 Å². The Balaban J connectivity index is 3.22. The summed E-state index contributed by atoms with van der Waals surface area (Å²) in [6.07, 6.45) is 1.07. The Morgan fingerprint density at radius 3 is 1.68 bits per heavy atom. The molecule has 0 bridgehead atoms. The summed E-state index contributed by atoms with van der Waals surface area (Å²) in [6.45, 7) is 9.38. The quantitative estimate of drug-likeness (QED) is 0.0393. The van der Waals surface area contributed by atoms with E-state index in [1.165, 1.54) is 56.8 Å². The number of aliphatic carboxylic acids is 2. The molecule has 1 aromatic rings. The molecule has 8 amide bonds. The van der Waals surface area contributed by atoms with E-state index in [-0.39, 0.29) is 30.9 Å². The van der Waals surface area contributed by atoms with Gasteiger partial charge in [0.25, 0.3) is 0 Å². The number of hydrogen-bond donors (Lipinski definition) is 13. The first kappa shape index (κ1) is 58.0. The molecule has 1 aromatic carbocycles. The number of aromatic hydroxyl groups is 1. The number of hydrogen-bond acceptors (Lipinski definition) is 14. The number of aliphatic hydroxyl groups excluding tert-OH is 1. The zero-order chi connectivity index (χ0) is 50.4. The molecule has 0 aliphatic carbocycles. The lowest BCUT2D eigenvalue weighted by atomic mass is 9.96. The number of carboxylic acids is 2. The maximum Gasteiger partial charge on any atom is 0.326 e. The number of benzene rings is 1. The zero-order valence-corrected chi connectivity index (χ0v) is 39.3. The van der Waals surface area contributed by atoms with Crippen LogP contribution in [0, 0.1) is 17.8 Å². The van der Waals surface area contributed by atoms with Crippen molar-refractivity contribution in [3.63, 3.8) is 0 Å². The average molecular weight is 954 g/mol. The van der Waals surface area contributed by atoms with Gasteiger partial charge in [-0.3, -0.25) is 43.2 Å². The fourth-order valence-corrected chi connectivity index (χ4v) is 6.40. The molecule has 9 atom stereocenters. The minimum Gasteiger partial charge on any atom is -0.508 e. The van der Waals surface area contributed by atoms with Crippen LogP contribution in [0.2, 0.25) is 0 Å². The summed E-state index contributed by atoms with van der Waals surface area (Å²) in [7, 11) is 0. The highest BCUT2D eigenvalue weighted by atomic mass is 32.2. The van der Waals surface area contributed by atoms with E-state index >= 15 is 0 Å². The minimum absolute atomic E-state index is 0.107. The van der Waals surface area contributed by atoms with Crippen LogP contribution in [0.25, 0.3) is 0 Å². The molecule has 0 aliphatic heterocycles. The summed E-state index contributed by atoms with van der Waals surface area (Å²) in [5, 5.41) is 58.0. The number of carbonyl (C=O) groups excluding carboxylic acids is 8. The number of phenolic OH excluding ortho intramolecular Hbond substituents is 1. The summed E-state index contributed by atoms with van der Waals surface area (Å²) in [6, 6.07) is -5.38. The van der Waals surface area contributed by atoms with Gasteiger partial charge in [0.2, 0.25) is 47.3 Å². The molecule has 370 valence electrons. The summed E-state index contributed by atoms with van der Waals surface area (Å²) >= 11 is 1.43. The van der Waals surface area contributed by atoms with Gasteiger partial charge in [0.15, 0.2) is 0 Å². The third-order valence-electron chi connectivity index (χ3n) is 10.3. The molecular weight excluding hydrogens is 887 g/mol. The van der Waals surface area contributed by atoms with Crippen LogP contribution in [0.15, 0.2) is 24.3 Å². The van der Waals surface area contributed by atoms with Crippen molar-refractivity contribution in [2.45, 2.75) is 122 Å². The van der Waals surface area contributed by atoms with E-state index in [1.807, 2.05) is 6.26 Å². The highest BCUT2D eigenvalue weighted by Gasteiger charge is 2.35. The number of rotatable bonds is 29. The number of thioether (sulfide) groups is 1. The summed E-state index contributed by atoms with van der Waals surface area (Å²) in [5.41, 5.74) is 6.33. The van der Waals surface area contributed by atoms with Crippen molar-refractivity contribution in [1.82, 2.24) is 42.5 Å². The number of aliphatic hydroxyl groups is 1. The molecule has 0 saturated heterocycles. The SMILES string of the molecule is CC[C@H](C)[C@H](NC(=O)[C@H](CC(=O)O)NC(=O)CNC(=O)[C@H](C)NC(=O)[C@H](CCSC)NC(=O)[C@@H](N)C(C)C)C(=O)N[C@@H](Cc1ccc(O)cc1)C(=O)N[C@@H](CO)C(=O)N[C@H](C(=O)O)C(C)C.